The topological polar surface area (TPSA) is 36.4 Å². The Bertz CT molecular complexity index is 442. The number of alkyl halides is 3. The molecule has 2 rings (SSSR count). The number of hydrogen-bond acceptors (Lipinski definition) is 3. The zero-order valence-corrected chi connectivity index (χ0v) is 10.9. The lowest BCUT2D eigenvalue weighted by Gasteiger charge is -2.41. The molecule has 106 valence electrons. The van der Waals surface area contributed by atoms with Crippen LogP contribution in [0, 0.1) is 5.92 Å². The van der Waals surface area contributed by atoms with Crippen molar-refractivity contribution in [1.82, 2.24) is 4.98 Å². The van der Waals surface area contributed by atoms with Crippen LogP contribution < -0.4 is 4.90 Å². The fourth-order valence-electron chi connectivity index (χ4n) is 2.18. The van der Waals surface area contributed by atoms with Crippen molar-refractivity contribution in [1.29, 1.82) is 0 Å². The molecule has 2 unspecified atom stereocenters. The van der Waals surface area contributed by atoms with Gasteiger partial charge in [0.1, 0.15) is 5.82 Å². The Balaban J connectivity index is 2.12. The molecule has 2 atom stereocenters. The molecule has 0 aliphatic carbocycles. The van der Waals surface area contributed by atoms with Crippen LogP contribution in [-0.4, -0.2) is 28.8 Å². The van der Waals surface area contributed by atoms with Gasteiger partial charge in [-0.2, -0.15) is 13.2 Å². The van der Waals surface area contributed by atoms with Crippen LogP contribution in [0.25, 0.3) is 0 Å². The summed E-state index contributed by atoms with van der Waals surface area (Å²) in [6.07, 6.45) is -2.92. The van der Waals surface area contributed by atoms with Gasteiger partial charge in [0, 0.05) is 25.2 Å². The summed E-state index contributed by atoms with van der Waals surface area (Å²) in [5, 5.41) is 10.1. The highest BCUT2D eigenvalue weighted by Gasteiger charge is 2.35. The van der Waals surface area contributed by atoms with E-state index in [9.17, 15) is 18.3 Å². The molecular formula is C13H17F3N2O. The molecule has 0 spiro atoms. The van der Waals surface area contributed by atoms with Crippen molar-refractivity contribution in [3.05, 3.63) is 23.9 Å². The molecule has 0 aromatic carbocycles. The zero-order chi connectivity index (χ0) is 14.3. The van der Waals surface area contributed by atoms with E-state index >= 15 is 0 Å². The summed E-state index contributed by atoms with van der Waals surface area (Å²) in [5.41, 5.74) is -1.46. The lowest BCUT2D eigenvalue weighted by atomic mass is 9.84. The average molecular weight is 274 g/mol. The van der Waals surface area contributed by atoms with Gasteiger partial charge < -0.3 is 10.0 Å². The van der Waals surface area contributed by atoms with Gasteiger partial charge in [-0.15, -0.1) is 0 Å². The van der Waals surface area contributed by atoms with Crippen LogP contribution in [0.15, 0.2) is 18.3 Å². The summed E-state index contributed by atoms with van der Waals surface area (Å²) >= 11 is 0. The van der Waals surface area contributed by atoms with Crippen molar-refractivity contribution in [2.24, 2.45) is 5.92 Å². The van der Waals surface area contributed by atoms with E-state index < -0.39 is 17.3 Å². The summed E-state index contributed by atoms with van der Waals surface area (Å²) in [5.74, 6) is 0.570. The van der Waals surface area contributed by atoms with Crippen LogP contribution in [-0.2, 0) is 6.18 Å². The van der Waals surface area contributed by atoms with E-state index in [0.717, 1.165) is 12.3 Å². The molecule has 1 aromatic rings. The molecule has 1 aliphatic heterocycles. The number of hydrogen-bond donors (Lipinski definition) is 1. The van der Waals surface area contributed by atoms with Crippen LogP contribution in [0.1, 0.15) is 25.8 Å². The number of piperidine rings is 1. The molecule has 0 bridgehead atoms. The summed E-state index contributed by atoms with van der Waals surface area (Å²) in [6.45, 7) is 4.90. The molecule has 0 amide bonds. The number of anilines is 1. The molecular weight excluding hydrogens is 257 g/mol. The van der Waals surface area contributed by atoms with Crippen molar-refractivity contribution in [3.63, 3.8) is 0 Å². The van der Waals surface area contributed by atoms with Crippen molar-refractivity contribution in [2.75, 3.05) is 18.0 Å². The number of aromatic nitrogens is 1. The second-order valence-corrected chi connectivity index (χ2v) is 5.36. The second-order valence-electron chi connectivity index (χ2n) is 5.36. The molecule has 1 saturated heterocycles. The van der Waals surface area contributed by atoms with Crippen molar-refractivity contribution in [2.45, 2.75) is 32.0 Å². The van der Waals surface area contributed by atoms with Gasteiger partial charge in [-0.3, -0.25) is 0 Å². The minimum absolute atomic E-state index is 0.0466. The van der Waals surface area contributed by atoms with E-state index in [0.29, 0.717) is 25.3 Å². The van der Waals surface area contributed by atoms with Crippen LogP contribution >= 0.6 is 0 Å². The molecule has 0 saturated carbocycles. The fourth-order valence-corrected chi connectivity index (χ4v) is 2.18. The maximum Gasteiger partial charge on any atom is 0.417 e. The zero-order valence-electron chi connectivity index (χ0n) is 10.9. The second kappa shape index (κ2) is 4.67. The Morgan fingerprint density at radius 3 is 2.58 bits per heavy atom. The molecule has 0 radical (unpaired) electrons. The number of pyridine rings is 1. The van der Waals surface area contributed by atoms with E-state index in [1.807, 2.05) is 11.8 Å². The van der Waals surface area contributed by atoms with E-state index in [-0.39, 0.29) is 5.92 Å². The van der Waals surface area contributed by atoms with Gasteiger partial charge in [-0.05, 0) is 25.5 Å². The highest BCUT2D eigenvalue weighted by atomic mass is 19.4. The maximum absolute atomic E-state index is 12.4. The predicted molar refractivity (Wildman–Crippen MR) is 65.9 cm³/mol. The molecule has 6 heteroatoms. The van der Waals surface area contributed by atoms with Gasteiger partial charge in [-0.1, -0.05) is 6.92 Å². The summed E-state index contributed by atoms with van der Waals surface area (Å²) in [7, 11) is 0. The normalized spacial score (nSPS) is 28.5. The first-order chi connectivity index (χ1) is 8.70. The SMILES string of the molecule is CC1CN(c2ccc(C(F)(F)F)cn2)CCC1(C)O. The Hall–Kier alpha value is -1.30. The van der Waals surface area contributed by atoms with Crippen molar-refractivity contribution >= 4 is 5.82 Å². The maximum atomic E-state index is 12.4. The smallest absolute Gasteiger partial charge is 0.390 e. The Morgan fingerprint density at radius 1 is 1.42 bits per heavy atom. The monoisotopic (exact) mass is 274 g/mol. The van der Waals surface area contributed by atoms with Crippen molar-refractivity contribution in [3.8, 4) is 0 Å². The number of aliphatic hydroxyl groups is 1. The third kappa shape index (κ3) is 3.00. The van der Waals surface area contributed by atoms with E-state index in [1.54, 1.807) is 6.92 Å². The molecule has 19 heavy (non-hydrogen) atoms. The van der Waals surface area contributed by atoms with Gasteiger partial charge in [-0.25, -0.2) is 4.98 Å². The van der Waals surface area contributed by atoms with E-state index in [1.165, 1.54) is 6.07 Å². The predicted octanol–water partition coefficient (Wildman–Crippen LogP) is 2.70. The van der Waals surface area contributed by atoms with E-state index in [4.69, 9.17) is 0 Å². The molecule has 3 nitrogen and oxygen atoms in total. The fraction of sp³-hybridized carbons (Fsp3) is 0.615. The Morgan fingerprint density at radius 2 is 2.11 bits per heavy atom. The first-order valence-corrected chi connectivity index (χ1v) is 6.21. The largest absolute Gasteiger partial charge is 0.417 e. The summed E-state index contributed by atoms with van der Waals surface area (Å²) in [4.78, 5) is 5.78. The Kier molecular flexibility index (Phi) is 3.47. The lowest BCUT2D eigenvalue weighted by molar-refractivity contribution is -0.137. The first-order valence-electron chi connectivity index (χ1n) is 6.21. The molecule has 2 heterocycles. The first kappa shape index (κ1) is 14.1. The third-order valence-corrected chi connectivity index (χ3v) is 3.84. The molecule has 1 fully saturated rings. The minimum Gasteiger partial charge on any atom is -0.390 e. The standard InChI is InChI=1S/C13H17F3N2O/c1-9-8-18(6-5-12(9,2)19)11-4-3-10(7-17-11)13(14,15)16/h3-4,7,9,19H,5-6,8H2,1-2H3. The van der Waals surface area contributed by atoms with Crippen molar-refractivity contribution < 1.29 is 18.3 Å². The van der Waals surface area contributed by atoms with Crippen LogP contribution in [0.3, 0.4) is 0 Å². The van der Waals surface area contributed by atoms with Crippen LogP contribution in [0.5, 0.6) is 0 Å². The van der Waals surface area contributed by atoms with Crippen LogP contribution in [0.2, 0.25) is 0 Å². The number of halogens is 3. The third-order valence-electron chi connectivity index (χ3n) is 3.84. The minimum atomic E-state index is -4.36. The summed E-state index contributed by atoms with van der Waals surface area (Å²) < 4.78 is 37.3. The summed E-state index contributed by atoms with van der Waals surface area (Å²) in [6, 6.07) is 2.43. The highest BCUT2D eigenvalue weighted by Crippen LogP contribution is 2.32. The van der Waals surface area contributed by atoms with Gasteiger partial charge in [0.25, 0.3) is 0 Å². The lowest BCUT2D eigenvalue weighted by Crippen LogP contribution is -2.49. The molecule has 1 N–H and O–H groups in total. The number of nitrogens with zero attached hydrogens (tertiary/aromatic N) is 2. The molecule has 1 aromatic heterocycles. The molecule has 1 aliphatic rings. The quantitative estimate of drug-likeness (QED) is 0.855. The highest BCUT2D eigenvalue weighted by molar-refractivity contribution is 5.40. The van der Waals surface area contributed by atoms with Gasteiger partial charge in [0.2, 0.25) is 0 Å². The Labute approximate surface area is 110 Å². The van der Waals surface area contributed by atoms with Gasteiger partial charge >= 0.3 is 6.18 Å². The van der Waals surface area contributed by atoms with Gasteiger partial charge in [0.05, 0.1) is 11.2 Å². The average Bonchev–Trinajstić information content (AvgIpc) is 2.32. The number of rotatable bonds is 1. The van der Waals surface area contributed by atoms with Gasteiger partial charge in [0.15, 0.2) is 0 Å². The van der Waals surface area contributed by atoms with Crippen LogP contribution in [0.4, 0.5) is 19.0 Å². The van der Waals surface area contributed by atoms with E-state index in [2.05, 4.69) is 4.98 Å².